The summed E-state index contributed by atoms with van der Waals surface area (Å²) in [4.78, 5) is 13.9. The van der Waals surface area contributed by atoms with Gasteiger partial charge in [-0.25, -0.2) is 0 Å². The van der Waals surface area contributed by atoms with Gasteiger partial charge >= 0.3 is 4.87 Å². The fraction of sp³-hybridized carbons (Fsp3) is 0.364. The predicted molar refractivity (Wildman–Crippen MR) is 69.6 cm³/mol. The van der Waals surface area contributed by atoms with Gasteiger partial charge in [0, 0.05) is 18.1 Å². The first-order chi connectivity index (χ1) is 7.58. The molecule has 5 heteroatoms. The zero-order valence-corrected chi connectivity index (χ0v) is 10.8. The highest BCUT2D eigenvalue weighted by Gasteiger charge is 2.07. The summed E-state index contributed by atoms with van der Waals surface area (Å²) >= 11 is 7.21. The van der Waals surface area contributed by atoms with Crippen molar-refractivity contribution >= 4 is 33.2 Å². The van der Waals surface area contributed by atoms with Crippen LogP contribution in [0, 0.1) is 0 Å². The van der Waals surface area contributed by atoms with Crippen molar-refractivity contribution in [2.24, 2.45) is 0 Å². The van der Waals surface area contributed by atoms with Crippen molar-refractivity contribution in [1.29, 1.82) is 0 Å². The third-order valence-corrected chi connectivity index (χ3v) is 3.60. The maximum atomic E-state index is 11.8. The van der Waals surface area contributed by atoms with E-state index in [2.05, 4.69) is 4.90 Å². The lowest BCUT2D eigenvalue weighted by molar-refractivity contribution is 0.385. The number of halogens is 1. The molecule has 2 aromatic rings. The number of aromatic nitrogens is 1. The molecule has 0 aliphatic rings. The van der Waals surface area contributed by atoms with E-state index in [1.165, 1.54) is 11.3 Å². The van der Waals surface area contributed by atoms with Crippen LogP contribution >= 0.6 is 22.9 Å². The average Bonchev–Trinajstić information content (AvgIpc) is 2.51. The number of likely N-dealkylation sites (N-methyl/N-ethyl adjacent to an activating group) is 1. The summed E-state index contributed by atoms with van der Waals surface area (Å²) < 4.78 is 2.78. The zero-order valence-electron chi connectivity index (χ0n) is 9.24. The lowest BCUT2D eigenvalue weighted by Crippen LogP contribution is -2.23. The Morgan fingerprint density at radius 3 is 2.88 bits per heavy atom. The average molecular weight is 257 g/mol. The molecule has 2 rings (SSSR count). The van der Waals surface area contributed by atoms with E-state index < -0.39 is 0 Å². The molecule has 1 aromatic carbocycles. The lowest BCUT2D eigenvalue weighted by Gasteiger charge is -2.10. The molecule has 0 amide bonds. The fourth-order valence-electron chi connectivity index (χ4n) is 1.55. The highest BCUT2D eigenvalue weighted by Crippen LogP contribution is 2.21. The van der Waals surface area contributed by atoms with Gasteiger partial charge in [-0.3, -0.25) is 9.36 Å². The Bertz CT molecular complexity index is 559. The molecule has 3 nitrogen and oxygen atoms in total. The molecule has 0 saturated carbocycles. The number of benzene rings is 1. The summed E-state index contributed by atoms with van der Waals surface area (Å²) in [6.07, 6.45) is 0. The summed E-state index contributed by atoms with van der Waals surface area (Å²) in [5.41, 5.74) is 0.935. The van der Waals surface area contributed by atoms with Gasteiger partial charge in [0.15, 0.2) is 0 Å². The van der Waals surface area contributed by atoms with Crippen LogP contribution in [0.4, 0.5) is 0 Å². The van der Waals surface area contributed by atoms with Gasteiger partial charge < -0.3 is 4.90 Å². The van der Waals surface area contributed by atoms with E-state index in [9.17, 15) is 4.79 Å². The second kappa shape index (κ2) is 4.57. The summed E-state index contributed by atoms with van der Waals surface area (Å²) in [6, 6.07) is 5.57. The van der Waals surface area contributed by atoms with Crippen LogP contribution in [0.1, 0.15) is 0 Å². The topological polar surface area (TPSA) is 25.2 Å². The fourth-order valence-corrected chi connectivity index (χ4v) is 2.61. The highest BCUT2D eigenvalue weighted by molar-refractivity contribution is 7.16. The van der Waals surface area contributed by atoms with Crippen LogP contribution in [0.2, 0.25) is 5.02 Å². The molecule has 0 aliphatic carbocycles. The minimum atomic E-state index is 0.0825. The van der Waals surface area contributed by atoms with Crippen molar-refractivity contribution in [2.45, 2.75) is 6.54 Å². The largest absolute Gasteiger partial charge is 0.308 e. The van der Waals surface area contributed by atoms with Gasteiger partial charge in [-0.05, 0) is 32.3 Å². The monoisotopic (exact) mass is 256 g/mol. The van der Waals surface area contributed by atoms with Gasteiger partial charge in [-0.15, -0.1) is 0 Å². The Hall–Kier alpha value is -0.840. The summed E-state index contributed by atoms with van der Waals surface area (Å²) in [5, 5.41) is 0.670. The quantitative estimate of drug-likeness (QED) is 0.842. The molecule has 0 atom stereocenters. The normalized spacial score (nSPS) is 11.5. The van der Waals surface area contributed by atoms with E-state index >= 15 is 0 Å². The molecule has 1 heterocycles. The smallest absolute Gasteiger partial charge is 0.308 e. The van der Waals surface area contributed by atoms with Gasteiger partial charge in [0.1, 0.15) is 0 Å². The second-order valence-corrected chi connectivity index (χ2v) is 5.36. The molecule has 16 heavy (non-hydrogen) atoms. The summed E-state index contributed by atoms with van der Waals surface area (Å²) in [6.45, 7) is 1.55. The number of hydrogen-bond donors (Lipinski definition) is 0. The number of rotatable bonds is 3. The molecule has 0 aliphatic heterocycles. The van der Waals surface area contributed by atoms with Crippen LogP contribution in [0.25, 0.3) is 10.2 Å². The highest BCUT2D eigenvalue weighted by atomic mass is 35.5. The summed E-state index contributed by atoms with van der Waals surface area (Å²) in [7, 11) is 3.99. The van der Waals surface area contributed by atoms with E-state index in [1.54, 1.807) is 4.57 Å². The standard InChI is InChI=1S/C11H13ClN2OS/c1-13(2)5-6-14-9-7-8(12)3-4-10(9)16-11(14)15/h3-4,7H,5-6H2,1-2H3. The maximum Gasteiger partial charge on any atom is 0.308 e. The van der Waals surface area contributed by atoms with Gasteiger partial charge in [0.2, 0.25) is 0 Å². The van der Waals surface area contributed by atoms with Gasteiger partial charge in [-0.1, -0.05) is 22.9 Å². The molecular formula is C11H13ClN2OS. The molecule has 0 saturated heterocycles. The first-order valence-corrected chi connectivity index (χ1v) is 6.21. The van der Waals surface area contributed by atoms with Crippen LogP contribution in [-0.4, -0.2) is 30.1 Å². The summed E-state index contributed by atoms with van der Waals surface area (Å²) in [5.74, 6) is 0. The van der Waals surface area contributed by atoms with Crippen molar-refractivity contribution in [3.05, 3.63) is 32.9 Å². The van der Waals surface area contributed by atoms with Crippen molar-refractivity contribution in [2.75, 3.05) is 20.6 Å². The Kier molecular flexibility index (Phi) is 3.33. The zero-order chi connectivity index (χ0) is 11.7. The van der Waals surface area contributed by atoms with Crippen LogP contribution in [0.15, 0.2) is 23.0 Å². The molecule has 0 bridgehead atoms. The van der Waals surface area contributed by atoms with Crippen LogP contribution < -0.4 is 4.87 Å². The molecular weight excluding hydrogens is 244 g/mol. The van der Waals surface area contributed by atoms with Crippen molar-refractivity contribution in [3.8, 4) is 0 Å². The van der Waals surface area contributed by atoms with Crippen molar-refractivity contribution < 1.29 is 0 Å². The van der Waals surface area contributed by atoms with Gasteiger partial charge in [0.05, 0.1) is 10.2 Å². The lowest BCUT2D eigenvalue weighted by atomic mass is 10.3. The minimum Gasteiger partial charge on any atom is -0.308 e. The van der Waals surface area contributed by atoms with Crippen molar-refractivity contribution in [3.63, 3.8) is 0 Å². The Morgan fingerprint density at radius 2 is 2.19 bits per heavy atom. The molecule has 0 fully saturated rings. The van der Waals surface area contributed by atoms with E-state index in [4.69, 9.17) is 11.6 Å². The van der Waals surface area contributed by atoms with Crippen molar-refractivity contribution in [1.82, 2.24) is 9.47 Å². The third-order valence-electron chi connectivity index (χ3n) is 2.40. The molecule has 86 valence electrons. The Labute approximate surface area is 103 Å². The predicted octanol–water partition coefficient (Wildman–Crippen LogP) is 2.28. The Morgan fingerprint density at radius 1 is 1.44 bits per heavy atom. The minimum absolute atomic E-state index is 0.0825. The number of nitrogens with zero attached hydrogens (tertiary/aromatic N) is 2. The maximum absolute atomic E-state index is 11.8. The molecule has 0 N–H and O–H groups in total. The van der Waals surface area contributed by atoms with Gasteiger partial charge in [0.25, 0.3) is 0 Å². The van der Waals surface area contributed by atoms with Crippen LogP contribution in [0.3, 0.4) is 0 Å². The molecule has 1 aromatic heterocycles. The first-order valence-electron chi connectivity index (χ1n) is 5.01. The Balaban J connectivity index is 2.46. The number of fused-ring (bicyclic) bond motifs is 1. The number of thiazole rings is 1. The second-order valence-electron chi connectivity index (χ2n) is 3.93. The number of hydrogen-bond acceptors (Lipinski definition) is 3. The van der Waals surface area contributed by atoms with E-state index in [-0.39, 0.29) is 4.87 Å². The third kappa shape index (κ3) is 2.29. The van der Waals surface area contributed by atoms with E-state index in [1.807, 2.05) is 32.3 Å². The molecule has 0 radical (unpaired) electrons. The SMILES string of the molecule is CN(C)CCn1c(=O)sc2ccc(Cl)cc21. The molecule has 0 spiro atoms. The van der Waals surface area contributed by atoms with E-state index in [0.717, 1.165) is 16.8 Å². The molecule has 0 unspecified atom stereocenters. The van der Waals surface area contributed by atoms with E-state index in [0.29, 0.717) is 11.6 Å². The first kappa shape index (κ1) is 11.6. The van der Waals surface area contributed by atoms with Crippen LogP contribution in [0.5, 0.6) is 0 Å². The van der Waals surface area contributed by atoms with Crippen LogP contribution in [-0.2, 0) is 6.54 Å². The van der Waals surface area contributed by atoms with Gasteiger partial charge in [-0.2, -0.15) is 0 Å².